The molecule has 4 nitrogen and oxygen atoms in total. The maximum Gasteiger partial charge on any atom is 0.317 e. The molecule has 0 bridgehead atoms. The average Bonchev–Trinajstić information content (AvgIpc) is 2.48. The predicted molar refractivity (Wildman–Crippen MR) is 61.9 cm³/mol. The first-order valence-corrected chi connectivity index (χ1v) is 5.70. The molecule has 1 rings (SSSR count). The summed E-state index contributed by atoms with van der Waals surface area (Å²) in [6, 6.07) is 0.449. The van der Waals surface area contributed by atoms with Gasteiger partial charge in [-0.2, -0.15) is 0 Å². The van der Waals surface area contributed by atoms with Gasteiger partial charge in [-0.3, -0.25) is 0 Å². The number of amides is 2. The first kappa shape index (κ1) is 12.3. The van der Waals surface area contributed by atoms with Gasteiger partial charge in [0.2, 0.25) is 0 Å². The molecule has 4 heteroatoms. The van der Waals surface area contributed by atoms with Gasteiger partial charge in [-0.25, -0.2) is 4.79 Å². The Kier molecular flexibility index (Phi) is 4.39. The Morgan fingerprint density at radius 2 is 2.13 bits per heavy atom. The fourth-order valence-electron chi connectivity index (χ4n) is 2.10. The van der Waals surface area contributed by atoms with Gasteiger partial charge in [-0.05, 0) is 26.4 Å². The number of likely N-dealkylation sites (N-methyl/N-ethyl adjacent to an activating group) is 1. The van der Waals surface area contributed by atoms with Crippen LogP contribution in [0.1, 0.15) is 20.3 Å². The molecule has 0 spiro atoms. The van der Waals surface area contributed by atoms with E-state index >= 15 is 0 Å². The van der Waals surface area contributed by atoms with Gasteiger partial charge in [0.15, 0.2) is 0 Å². The summed E-state index contributed by atoms with van der Waals surface area (Å²) in [5.41, 5.74) is 0. The molecule has 0 aromatic rings. The molecule has 1 aliphatic heterocycles. The fourth-order valence-corrected chi connectivity index (χ4v) is 2.10. The van der Waals surface area contributed by atoms with E-state index in [2.05, 4.69) is 38.2 Å². The molecule has 1 atom stereocenters. The van der Waals surface area contributed by atoms with Crippen LogP contribution < -0.4 is 5.32 Å². The number of urea groups is 1. The zero-order chi connectivity index (χ0) is 11.4. The van der Waals surface area contributed by atoms with Crippen LogP contribution in [0.5, 0.6) is 0 Å². The molecule has 1 fully saturated rings. The Balaban J connectivity index is 2.57. The molecule has 0 aromatic heterocycles. The lowest BCUT2D eigenvalue weighted by molar-refractivity contribution is 0.169. The number of carbonyl (C=O) groups excluding carboxylic acids is 1. The van der Waals surface area contributed by atoms with Crippen LogP contribution >= 0.6 is 0 Å². The van der Waals surface area contributed by atoms with Crippen LogP contribution in [0, 0.1) is 5.92 Å². The quantitative estimate of drug-likeness (QED) is 0.739. The van der Waals surface area contributed by atoms with Crippen LogP contribution in [-0.2, 0) is 0 Å². The normalized spacial score (nSPS) is 18.8. The molecule has 1 unspecified atom stereocenters. The van der Waals surface area contributed by atoms with Gasteiger partial charge in [-0.1, -0.05) is 13.8 Å². The maximum atomic E-state index is 11.6. The maximum absolute atomic E-state index is 11.6. The minimum atomic E-state index is 0.0995. The van der Waals surface area contributed by atoms with E-state index < -0.39 is 0 Å². The van der Waals surface area contributed by atoms with Crippen molar-refractivity contribution in [1.82, 2.24) is 15.1 Å². The zero-order valence-corrected chi connectivity index (χ0v) is 10.3. The SMILES string of the molecule is CC(C)CC(CN(C)C)N1CCNC1=O. The molecule has 15 heavy (non-hydrogen) atoms. The van der Waals surface area contributed by atoms with Gasteiger partial charge in [0.05, 0.1) is 0 Å². The van der Waals surface area contributed by atoms with Gasteiger partial charge in [-0.15, -0.1) is 0 Å². The minimum absolute atomic E-state index is 0.0995. The molecule has 2 amide bonds. The van der Waals surface area contributed by atoms with Crippen LogP contribution in [-0.4, -0.2) is 55.6 Å². The summed E-state index contributed by atoms with van der Waals surface area (Å²) in [5, 5.41) is 2.87. The molecule has 0 saturated carbocycles. The van der Waals surface area contributed by atoms with Gasteiger partial charge in [0.25, 0.3) is 0 Å². The predicted octanol–water partition coefficient (Wildman–Crippen LogP) is 0.988. The summed E-state index contributed by atoms with van der Waals surface area (Å²) in [7, 11) is 4.11. The smallest absolute Gasteiger partial charge is 0.317 e. The molecular weight excluding hydrogens is 190 g/mol. The highest BCUT2D eigenvalue weighted by Gasteiger charge is 2.28. The van der Waals surface area contributed by atoms with Gasteiger partial charge in [0.1, 0.15) is 0 Å². The molecule has 1 heterocycles. The Labute approximate surface area is 92.6 Å². The lowest BCUT2D eigenvalue weighted by Crippen LogP contribution is -2.44. The molecule has 0 aliphatic carbocycles. The highest BCUT2D eigenvalue weighted by atomic mass is 16.2. The van der Waals surface area contributed by atoms with E-state index in [1.807, 2.05) is 4.90 Å². The first-order valence-electron chi connectivity index (χ1n) is 5.70. The minimum Gasteiger partial charge on any atom is -0.336 e. The van der Waals surface area contributed by atoms with E-state index in [-0.39, 0.29) is 6.03 Å². The Morgan fingerprint density at radius 1 is 1.47 bits per heavy atom. The van der Waals surface area contributed by atoms with E-state index in [0.29, 0.717) is 12.0 Å². The summed E-state index contributed by atoms with van der Waals surface area (Å²) in [5.74, 6) is 0.628. The van der Waals surface area contributed by atoms with Crippen LogP contribution in [0.25, 0.3) is 0 Å². The van der Waals surface area contributed by atoms with Crippen molar-refractivity contribution < 1.29 is 4.79 Å². The molecule has 1 saturated heterocycles. The molecule has 1 aliphatic rings. The van der Waals surface area contributed by atoms with E-state index in [1.54, 1.807) is 0 Å². The van der Waals surface area contributed by atoms with Crippen LogP contribution in [0.15, 0.2) is 0 Å². The summed E-state index contributed by atoms with van der Waals surface area (Å²) < 4.78 is 0. The number of carbonyl (C=O) groups is 1. The third-order valence-electron chi connectivity index (χ3n) is 2.65. The lowest BCUT2D eigenvalue weighted by atomic mass is 10.0. The van der Waals surface area contributed by atoms with Crippen LogP contribution in [0.3, 0.4) is 0 Å². The third kappa shape index (κ3) is 3.70. The fraction of sp³-hybridized carbons (Fsp3) is 0.909. The number of hydrogen-bond donors (Lipinski definition) is 1. The van der Waals surface area contributed by atoms with Crippen molar-refractivity contribution in [2.45, 2.75) is 26.3 Å². The highest BCUT2D eigenvalue weighted by molar-refractivity contribution is 5.76. The summed E-state index contributed by atoms with van der Waals surface area (Å²) >= 11 is 0. The number of hydrogen-bond acceptors (Lipinski definition) is 2. The third-order valence-corrected chi connectivity index (χ3v) is 2.65. The lowest BCUT2D eigenvalue weighted by Gasteiger charge is -2.30. The van der Waals surface area contributed by atoms with Gasteiger partial charge < -0.3 is 15.1 Å². The van der Waals surface area contributed by atoms with Crippen molar-refractivity contribution in [3.8, 4) is 0 Å². The Morgan fingerprint density at radius 3 is 2.53 bits per heavy atom. The second-order valence-electron chi connectivity index (χ2n) is 4.97. The highest BCUT2D eigenvalue weighted by Crippen LogP contribution is 2.14. The monoisotopic (exact) mass is 213 g/mol. The van der Waals surface area contributed by atoms with Crippen molar-refractivity contribution >= 4 is 6.03 Å². The zero-order valence-electron chi connectivity index (χ0n) is 10.3. The Hall–Kier alpha value is -0.770. The summed E-state index contributed by atoms with van der Waals surface area (Å²) in [4.78, 5) is 15.7. The largest absolute Gasteiger partial charge is 0.336 e. The van der Waals surface area contributed by atoms with E-state index in [0.717, 1.165) is 26.1 Å². The van der Waals surface area contributed by atoms with Crippen molar-refractivity contribution in [2.75, 3.05) is 33.7 Å². The molecule has 0 aromatic carbocycles. The molecule has 1 N–H and O–H groups in total. The summed E-state index contributed by atoms with van der Waals surface area (Å²) in [6.07, 6.45) is 1.08. The Bertz CT molecular complexity index is 206. The van der Waals surface area contributed by atoms with E-state index in [9.17, 15) is 4.79 Å². The van der Waals surface area contributed by atoms with Gasteiger partial charge >= 0.3 is 6.03 Å². The molecule has 88 valence electrons. The standard InChI is InChI=1S/C11H23N3O/c1-9(2)7-10(8-13(3)4)14-6-5-12-11(14)15/h9-10H,5-8H2,1-4H3,(H,12,15). The number of rotatable bonds is 5. The second kappa shape index (κ2) is 5.35. The van der Waals surface area contributed by atoms with Crippen molar-refractivity contribution in [3.63, 3.8) is 0 Å². The summed E-state index contributed by atoms with van der Waals surface area (Å²) in [6.45, 7) is 7.00. The van der Waals surface area contributed by atoms with Crippen LogP contribution in [0.2, 0.25) is 0 Å². The molecular formula is C11H23N3O. The van der Waals surface area contributed by atoms with Crippen molar-refractivity contribution in [2.24, 2.45) is 5.92 Å². The average molecular weight is 213 g/mol. The van der Waals surface area contributed by atoms with Crippen molar-refractivity contribution in [1.29, 1.82) is 0 Å². The van der Waals surface area contributed by atoms with Crippen LogP contribution in [0.4, 0.5) is 4.79 Å². The number of nitrogens with zero attached hydrogens (tertiary/aromatic N) is 2. The van der Waals surface area contributed by atoms with E-state index in [4.69, 9.17) is 0 Å². The van der Waals surface area contributed by atoms with Gasteiger partial charge in [0, 0.05) is 25.7 Å². The number of nitrogens with one attached hydrogen (secondary N) is 1. The second-order valence-corrected chi connectivity index (χ2v) is 4.97. The molecule has 0 radical (unpaired) electrons. The topological polar surface area (TPSA) is 35.6 Å². The first-order chi connectivity index (χ1) is 7.00. The van der Waals surface area contributed by atoms with Crippen molar-refractivity contribution in [3.05, 3.63) is 0 Å². The van der Waals surface area contributed by atoms with E-state index in [1.165, 1.54) is 0 Å².